The Kier molecular flexibility index (Phi) is 34.6. The van der Waals surface area contributed by atoms with Gasteiger partial charge in [-0.1, -0.05) is 34.3 Å². The molecule has 0 aromatic heterocycles. The van der Waals surface area contributed by atoms with Crippen molar-refractivity contribution in [2.24, 2.45) is 5.73 Å². The maximum Gasteiger partial charge on any atom is 0.0186 e. The van der Waals surface area contributed by atoms with Crippen molar-refractivity contribution in [3.8, 4) is 0 Å². The minimum Gasteiger partial charge on any atom is -0.403 e. The van der Waals surface area contributed by atoms with Gasteiger partial charge in [0.25, 0.3) is 0 Å². The fraction of sp³-hybridized carbons (Fsp3) is 0.556. The molecule has 0 spiro atoms. The molecule has 0 radical (unpaired) electrons. The van der Waals surface area contributed by atoms with Gasteiger partial charge in [-0.2, -0.15) is 0 Å². The summed E-state index contributed by atoms with van der Waals surface area (Å²) >= 11 is 0. The SMILES string of the molecule is C=CN(C)/C=C\N.CC.CC. The minimum atomic E-state index is 1.46. The van der Waals surface area contributed by atoms with Gasteiger partial charge in [0, 0.05) is 19.4 Å². The number of hydrogen-bond acceptors (Lipinski definition) is 2. The third-order valence-electron chi connectivity index (χ3n) is 0.609. The first-order valence-corrected chi connectivity index (χ1v) is 4.04. The summed E-state index contributed by atoms with van der Waals surface area (Å²) in [4.78, 5) is 1.76. The predicted octanol–water partition coefficient (Wildman–Crippen LogP) is 2.54. The van der Waals surface area contributed by atoms with Crippen molar-refractivity contribution in [2.75, 3.05) is 7.05 Å². The highest BCUT2D eigenvalue weighted by atomic mass is 15.0. The Bertz CT molecular complexity index is 77.6. The van der Waals surface area contributed by atoms with Crippen LogP contribution in [0.3, 0.4) is 0 Å². The van der Waals surface area contributed by atoms with Crippen molar-refractivity contribution in [3.63, 3.8) is 0 Å². The van der Waals surface area contributed by atoms with E-state index in [1.165, 1.54) is 6.20 Å². The van der Waals surface area contributed by atoms with Crippen molar-refractivity contribution in [3.05, 3.63) is 25.2 Å². The molecule has 0 unspecified atom stereocenters. The van der Waals surface area contributed by atoms with E-state index in [-0.39, 0.29) is 0 Å². The lowest BCUT2D eigenvalue weighted by Crippen LogP contribution is -1.99. The molecule has 0 aliphatic rings. The van der Waals surface area contributed by atoms with Gasteiger partial charge in [-0.3, -0.25) is 0 Å². The van der Waals surface area contributed by atoms with Crippen molar-refractivity contribution in [1.29, 1.82) is 0 Å². The fourth-order valence-corrected chi connectivity index (χ4v) is 0.197. The van der Waals surface area contributed by atoms with Crippen LogP contribution in [0.25, 0.3) is 0 Å². The summed E-state index contributed by atoms with van der Waals surface area (Å²) in [5, 5.41) is 0. The largest absolute Gasteiger partial charge is 0.403 e. The summed E-state index contributed by atoms with van der Waals surface area (Å²) in [6.45, 7) is 11.5. The van der Waals surface area contributed by atoms with E-state index in [1.54, 1.807) is 17.3 Å². The summed E-state index contributed by atoms with van der Waals surface area (Å²) in [7, 11) is 1.86. The zero-order valence-corrected chi connectivity index (χ0v) is 8.46. The second-order valence-corrected chi connectivity index (χ2v) is 1.19. The molecule has 11 heavy (non-hydrogen) atoms. The average Bonchev–Trinajstić information content (AvgIpc) is 2.12. The molecule has 0 aliphatic heterocycles. The standard InChI is InChI=1S/C5H10N2.2C2H6/c1-3-7(2)5-4-6;2*1-2/h3-5H,1,6H2,2H3;2*1-2H3/b5-4-;;. The summed E-state index contributed by atoms with van der Waals surface area (Å²) in [6, 6.07) is 0. The molecule has 0 aromatic carbocycles. The second-order valence-electron chi connectivity index (χ2n) is 1.19. The summed E-state index contributed by atoms with van der Waals surface area (Å²) in [6.07, 6.45) is 4.85. The molecule has 0 aromatic rings. The molecule has 0 rings (SSSR count). The average molecular weight is 158 g/mol. The minimum absolute atomic E-state index is 1.46. The molecular formula is C9H22N2. The fourth-order valence-electron chi connectivity index (χ4n) is 0.197. The van der Waals surface area contributed by atoms with E-state index in [4.69, 9.17) is 5.73 Å². The molecular weight excluding hydrogens is 136 g/mol. The van der Waals surface area contributed by atoms with Crippen molar-refractivity contribution < 1.29 is 0 Å². The van der Waals surface area contributed by atoms with Gasteiger partial charge in [0.05, 0.1) is 0 Å². The van der Waals surface area contributed by atoms with E-state index in [2.05, 4.69) is 6.58 Å². The lowest BCUT2D eigenvalue weighted by molar-refractivity contribution is 0.626. The van der Waals surface area contributed by atoms with Crippen LogP contribution in [0.2, 0.25) is 0 Å². The van der Waals surface area contributed by atoms with Crippen molar-refractivity contribution in [1.82, 2.24) is 4.90 Å². The highest BCUT2D eigenvalue weighted by Crippen LogP contribution is 1.77. The Balaban J connectivity index is -0.000000138. The van der Waals surface area contributed by atoms with Crippen LogP contribution in [0.4, 0.5) is 0 Å². The molecule has 0 amide bonds. The Labute approximate surface area is 71.4 Å². The first-order valence-electron chi connectivity index (χ1n) is 4.04. The normalized spacial score (nSPS) is 7.00. The third kappa shape index (κ3) is 27.3. The number of rotatable bonds is 2. The van der Waals surface area contributed by atoms with Crippen LogP contribution >= 0.6 is 0 Å². The van der Waals surface area contributed by atoms with Gasteiger partial charge in [-0.05, 0) is 6.20 Å². The second kappa shape index (κ2) is 23.0. The number of nitrogens with two attached hydrogens (primary N) is 1. The molecule has 0 atom stereocenters. The van der Waals surface area contributed by atoms with E-state index >= 15 is 0 Å². The van der Waals surface area contributed by atoms with Gasteiger partial charge < -0.3 is 10.6 Å². The van der Waals surface area contributed by atoms with Crippen LogP contribution < -0.4 is 5.73 Å². The van der Waals surface area contributed by atoms with E-state index in [0.717, 1.165) is 0 Å². The van der Waals surface area contributed by atoms with Crippen LogP contribution in [0.1, 0.15) is 27.7 Å². The molecule has 2 N–H and O–H groups in total. The first kappa shape index (κ1) is 16.6. The number of nitrogens with zero attached hydrogens (tertiary/aromatic N) is 1. The van der Waals surface area contributed by atoms with E-state index in [1.807, 2.05) is 34.7 Å². The van der Waals surface area contributed by atoms with Crippen LogP contribution in [0.5, 0.6) is 0 Å². The molecule has 0 aliphatic carbocycles. The molecule has 2 nitrogen and oxygen atoms in total. The maximum atomic E-state index is 5.04. The van der Waals surface area contributed by atoms with Crippen molar-refractivity contribution in [2.45, 2.75) is 27.7 Å². The molecule has 68 valence electrons. The first-order chi connectivity index (χ1) is 5.31. The summed E-state index contributed by atoms with van der Waals surface area (Å²) in [5.74, 6) is 0. The Morgan fingerprint density at radius 1 is 1.18 bits per heavy atom. The maximum absolute atomic E-state index is 5.04. The molecule has 0 saturated heterocycles. The smallest absolute Gasteiger partial charge is 0.0186 e. The van der Waals surface area contributed by atoms with Crippen molar-refractivity contribution >= 4 is 0 Å². The third-order valence-corrected chi connectivity index (χ3v) is 0.609. The van der Waals surface area contributed by atoms with Gasteiger partial charge in [0.2, 0.25) is 0 Å². The summed E-state index contributed by atoms with van der Waals surface area (Å²) in [5.41, 5.74) is 5.04. The van der Waals surface area contributed by atoms with Gasteiger partial charge >= 0.3 is 0 Å². The monoisotopic (exact) mass is 158 g/mol. The van der Waals surface area contributed by atoms with E-state index in [9.17, 15) is 0 Å². The van der Waals surface area contributed by atoms with Crippen LogP contribution in [-0.4, -0.2) is 11.9 Å². The van der Waals surface area contributed by atoms with Gasteiger partial charge in [-0.15, -0.1) is 0 Å². The quantitative estimate of drug-likeness (QED) is 0.669. The molecule has 0 saturated carbocycles. The van der Waals surface area contributed by atoms with Crippen LogP contribution in [0.15, 0.2) is 25.2 Å². The Morgan fingerprint density at radius 3 is 1.64 bits per heavy atom. The number of hydrogen-bond donors (Lipinski definition) is 1. The van der Waals surface area contributed by atoms with Gasteiger partial charge in [-0.25, -0.2) is 0 Å². The van der Waals surface area contributed by atoms with E-state index in [0.29, 0.717) is 0 Å². The van der Waals surface area contributed by atoms with Gasteiger partial charge in [0.15, 0.2) is 0 Å². The lowest BCUT2D eigenvalue weighted by atomic mass is 10.7. The highest BCUT2D eigenvalue weighted by molar-refractivity contribution is 4.81. The lowest BCUT2D eigenvalue weighted by Gasteiger charge is -2.01. The van der Waals surface area contributed by atoms with Gasteiger partial charge in [0.1, 0.15) is 0 Å². The van der Waals surface area contributed by atoms with E-state index < -0.39 is 0 Å². The molecule has 2 heteroatoms. The molecule has 0 heterocycles. The highest BCUT2D eigenvalue weighted by Gasteiger charge is 1.71. The Hall–Kier alpha value is -0.920. The topological polar surface area (TPSA) is 29.3 Å². The molecule has 0 bridgehead atoms. The molecule has 0 fully saturated rings. The Morgan fingerprint density at radius 2 is 1.55 bits per heavy atom. The predicted molar refractivity (Wildman–Crippen MR) is 54.0 cm³/mol. The summed E-state index contributed by atoms with van der Waals surface area (Å²) < 4.78 is 0. The zero-order chi connectivity index (χ0) is 9.70. The van der Waals surface area contributed by atoms with Crippen LogP contribution in [0, 0.1) is 0 Å². The van der Waals surface area contributed by atoms with Crippen LogP contribution in [-0.2, 0) is 0 Å². The zero-order valence-electron chi connectivity index (χ0n) is 8.46.